The second-order valence-corrected chi connectivity index (χ2v) is 7.69. The fraction of sp³-hybridized carbons (Fsp3) is 0.733. The van der Waals surface area contributed by atoms with Crippen LogP contribution in [0.3, 0.4) is 0 Å². The standard InChI is InChI=1S/C15H27N3O2S/c1-11(2)15(6,18-9-12-16-7-8-21-12)10-17-13(19)20-14(3,4)5/h7-8,11,18H,9-10H2,1-6H3,(H,17,19). The number of aromatic nitrogens is 1. The van der Waals surface area contributed by atoms with Crippen molar-refractivity contribution >= 4 is 17.4 Å². The van der Waals surface area contributed by atoms with Gasteiger partial charge in [-0.05, 0) is 33.6 Å². The summed E-state index contributed by atoms with van der Waals surface area (Å²) in [5, 5.41) is 9.35. The van der Waals surface area contributed by atoms with Gasteiger partial charge in [0.1, 0.15) is 10.6 Å². The summed E-state index contributed by atoms with van der Waals surface area (Å²) < 4.78 is 5.28. The second-order valence-electron chi connectivity index (χ2n) is 6.71. The molecule has 0 saturated carbocycles. The Morgan fingerprint density at radius 3 is 2.52 bits per heavy atom. The minimum absolute atomic E-state index is 0.220. The lowest BCUT2D eigenvalue weighted by molar-refractivity contribution is 0.0503. The van der Waals surface area contributed by atoms with E-state index in [1.807, 2.05) is 26.2 Å². The fourth-order valence-electron chi connectivity index (χ4n) is 1.66. The van der Waals surface area contributed by atoms with Gasteiger partial charge in [-0.3, -0.25) is 0 Å². The molecule has 5 nitrogen and oxygen atoms in total. The largest absolute Gasteiger partial charge is 0.444 e. The number of ether oxygens (including phenoxy) is 1. The van der Waals surface area contributed by atoms with Crippen molar-refractivity contribution in [1.82, 2.24) is 15.6 Å². The number of thiazole rings is 1. The molecule has 0 radical (unpaired) electrons. The average Bonchev–Trinajstić information content (AvgIpc) is 2.84. The smallest absolute Gasteiger partial charge is 0.407 e. The van der Waals surface area contributed by atoms with Crippen molar-refractivity contribution in [2.75, 3.05) is 6.54 Å². The minimum Gasteiger partial charge on any atom is -0.444 e. The Morgan fingerprint density at radius 2 is 2.05 bits per heavy atom. The highest BCUT2D eigenvalue weighted by Crippen LogP contribution is 2.17. The van der Waals surface area contributed by atoms with E-state index in [1.165, 1.54) is 0 Å². The molecule has 0 bridgehead atoms. The molecule has 0 aliphatic carbocycles. The number of carbonyl (C=O) groups is 1. The summed E-state index contributed by atoms with van der Waals surface area (Å²) in [5.74, 6) is 0.354. The van der Waals surface area contributed by atoms with Gasteiger partial charge >= 0.3 is 6.09 Å². The first-order valence-corrected chi connectivity index (χ1v) is 8.10. The zero-order chi connectivity index (χ0) is 16.1. The maximum absolute atomic E-state index is 11.8. The summed E-state index contributed by atoms with van der Waals surface area (Å²) in [5.41, 5.74) is -0.699. The van der Waals surface area contributed by atoms with Crippen LogP contribution in [0.15, 0.2) is 11.6 Å². The van der Waals surface area contributed by atoms with Gasteiger partial charge in [-0.15, -0.1) is 11.3 Å². The van der Waals surface area contributed by atoms with E-state index >= 15 is 0 Å². The maximum Gasteiger partial charge on any atom is 0.407 e. The summed E-state index contributed by atoms with van der Waals surface area (Å²) >= 11 is 1.62. The Balaban J connectivity index is 2.53. The minimum atomic E-state index is -0.480. The number of nitrogens with zero attached hydrogens (tertiary/aromatic N) is 1. The molecule has 1 aromatic heterocycles. The van der Waals surface area contributed by atoms with Crippen LogP contribution in [0.1, 0.15) is 46.6 Å². The van der Waals surface area contributed by atoms with Gasteiger partial charge in [-0.2, -0.15) is 0 Å². The van der Waals surface area contributed by atoms with Crippen LogP contribution in [0, 0.1) is 5.92 Å². The lowest BCUT2D eigenvalue weighted by Gasteiger charge is -2.35. The molecule has 1 heterocycles. The van der Waals surface area contributed by atoms with Gasteiger partial charge in [0.15, 0.2) is 0 Å². The molecule has 0 aliphatic rings. The van der Waals surface area contributed by atoms with E-state index in [9.17, 15) is 4.79 Å². The molecule has 120 valence electrons. The van der Waals surface area contributed by atoms with E-state index in [4.69, 9.17) is 4.74 Å². The quantitative estimate of drug-likeness (QED) is 0.847. The molecule has 6 heteroatoms. The van der Waals surface area contributed by atoms with Crippen molar-refractivity contribution in [1.29, 1.82) is 0 Å². The molecular weight excluding hydrogens is 286 g/mol. The number of carbonyl (C=O) groups excluding carboxylic acids is 1. The molecule has 0 fully saturated rings. The molecule has 1 unspecified atom stereocenters. The number of hydrogen-bond donors (Lipinski definition) is 2. The first-order chi connectivity index (χ1) is 9.62. The predicted molar refractivity (Wildman–Crippen MR) is 86.4 cm³/mol. The number of rotatable bonds is 6. The normalized spacial score (nSPS) is 14.8. The molecule has 0 spiro atoms. The molecule has 2 N–H and O–H groups in total. The first kappa shape index (κ1) is 17.9. The fourth-order valence-corrected chi connectivity index (χ4v) is 2.21. The Hall–Kier alpha value is -1.14. The molecule has 0 aromatic carbocycles. The van der Waals surface area contributed by atoms with Crippen molar-refractivity contribution in [2.24, 2.45) is 5.92 Å². The van der Waals surface area contributed by atoms with Crippen LogP contribution in [0.2, 0.25) is 0 Å². The highest BCUT2D eigenvalue weighted by molar-refractivity contribution is 7.09. The molecule has 0 saturated heterocycles. The molecule has 0 aliphatic heterocycles. The molecule has 1 aromatic rings. The number of alkyl carbamates (subject to hydrolysis) is 1. The SMILES string of the molecule is CC(C)C(C)(CNC(=O)OC(C)(C)C)NCc1nccs1. The van der Waals surface area contributed by atoms with Gasteiger partial charge in [-0.1, -0.05) is 13.8 Å². The van der Waals surface area contributed by atoms with Crippen molar-refractivity contribution in [3.8, 4) is 0 Å². The molecule has 1 atom stereocenters. The zero-order valence-corrected chi connectivity index (χ0v) is 14.6. The van der Waals surface area contributed by atoms with E-state index < -0.39 is 5.60 Å². The Kier molecular flexibility index (Phi) is 6.16. The van der Waals surface area contributed by atoms with Crippen LogP contribution >= 0.6 is 11.3 Å². The third-order valence-corrected chi connectivity index (χ3v) is 4.18. The second kappa shape index (κ2) is 7.22. The van der Waals surface area contributed by atoms with Crippen molar-refractivity contribution in [2.45, 2.75) is 59.2 Å². The van der Waals surface area contributed by atoms with Crippen LogP contribution in [-0.2, 0) is 11.3 Å². The number of amides is 1. The van der Waals surface area contributed by atoms with Crippen LogP contribution in [0.25, 0.3) is 0 Å². The third-order valence-electron chi connectivity index (χ3n) is 3.40. The van der Waals surface area contributed by atoms with Crippen LogP contribution < -0.4 is 10.6 Å². The predicted octanol–water partition coefficient (Wildman–Crippen LogP) is 3.17. The Bertz CT molecular complexity index is 440. The van der Waals surface area contributed by atoms with Gasteiger partial charge in [0.2, 0.25) is 0 Å². The summed E-state index contributed by atoms with van der Waals surface area (Å²) in [7, 11) is 0. The Morgan fingerprint density at radius 1 is 1.38 bits per heavy atom. The van der Waals surface area contributed by atoms with Gasteiger partial charge in [0.25, 0.3) is 0 Å². The van der Waals surface area contributed by atoms with Gasteiger partial charge in [0, 0.05) is 30.2 Å². The molecule has 1 amide bonds. The van der Waals surface area contributed by atoms with E-state index in [2.05, 4.69) is 36.4 Å². The van der Waals surface area contributed by atoms with Crippen LogP contribution in [0.5, 0.6) is 0 Å². The molecule has 21 heavy (non-hydrogen) atoms. The first-order valence-electron chi connectivity index (χ1n) is 7.22. The lowest BCUT2D eigenvalue weighted by atomic mass is 9.88. The van der Waals surface area contributed by atoms with Gasteiger partial charge in [-0.25, -0.2) is 9.78 Å². The van der Waals surface area contributed by atoms with Gasteiger partial charge in [0.05, 0.1) is 0 Å². The topological polar surface area (TPSA) is 63.2 Å². The van der Waals surface area contributed by atoms with Crippen molar-refractivity contribution < 1.29 is 9.53 Å². The monoisotopic (exact) mass is 313 g/mol. The lowest BCUT2D eigenvalue weighted by Crippen LogP contribution is -2.55. The van der Waals surface area contributed by atoms with Crippen LogP contribution in [0.4, 0.5) is 4.79 Å². The summed E-state index contributed by atoms with van der Waals surface area (Å²) in [6, 6.07) is 0. The van der Waals surface area contributed by atoms with Crippen LogP contribution in [-0.4, -0.2) is 28.8 Å². The maximum atomic E-state index is 11.8. The summed E-state index contributed by atoms with van der Waals surface area (Å²) in [4.78, 5) is 16.1. The van der Waals surface area contributed by atoms with Crippen molar-refractivity contribution in [3.63, 3.8) is 0 Å². The highest BCUT2D eigenvalue weighted by Gasteiger charge is 2.29. The van der Waals surface area contributed by atoms with E-state index in [0.29, 0.717) is 19.0 Å². The summed E-state index contributed by atoms with van der Waals surface area (Å²) in [6.07, 6.45) is 1.42. The van der Waals surface area contributed by atoms with Gasteiger partial charge < -0.3 is 15.4 Å². The summed E-state index contributed by atoms with van der Waals surface area (Å²) in [6.45, 7) is 13.1. The van der Waals surface area contributed by atoms with Crippen molar-refractivity contribution in [3.05, 3.63) is 16.6 Å². The third kappa shape index (κ3) is 6.44. The number of nitrogens with one attached hydrogen (secondary N) is 2. The van der Waals surface area contributed by atoms with E-state index in [1.54, 1.807) is 17.5 Å². The van der Waals surface area contributed by atoms with E-state index in [0.717, 1.165) is 5.01 Å². The average molecular weight is 313 g/mol. The molecule has 1 rings (SSSR count). The number of hydrogen-bond acceptors (Lipinski definition) is 5. The highest BCUT2D eigenvalue weighted by atomic mass is 32.1. The zero-order valence-electron chi connectivity index (χ0n) is 13.8. The molecular formula is C15H27N3O2S. The Labute approximate surface area is 131 Å². The van der Waals surface area contributed by atoms with E-state index in [-0.39, 0.29) is 11.6 Å².